The van der Waals surface area contributed by atoms with Gasteiger partial charge in [0.15, 0.2) is 0 Å². The van der Waals surface area contributed by atoms with Crippen LogP contribution in [0.2, 0.25) is 0 Å². The van der Waals surface area contributed by atoms with Crippen molar-refractivity contribution in [1.29, 1.82) is 0 Å². The molecule has 0 spiro atoms. The lowest BCUT2D eigenvalue weighted by atomic mass is 10.1. The Morgan fingerprint density at radius 3 is 2.91 bits per heavy atom. The van der Waals surface area contributed by atoms with E-state index in [2.05, 4.69) is 27.0 Å². The molecule has 0 aromatic carbocycles. The number of piperidine rings is 1. The zero-order chi connectivity index (χ0) is 15.6. The molecule has 2 N–H and O–H groups in total. The number of fused-ring (bicyclic) bond motifs is 3. The standard InChI is InChI=1S/C17H20N4O2/c22-9-10-23-12-4-7-21(8-5-12)16-2-1-13-14-11-18-6-3-15(14)19-17(13)20-16/h1-3,6,11-12,22H,4-5,7-10H2,(H,19,20). The molecular weight excluding hydrogens is 292 g/mol. The van der Waals surface area contributed by atoms with Gasteiger partial charge in [0.1, 0.15) is 11.5 Å². The number of hydrogen-bond acceptors (Lipinski definition) is 5. The van der Waals surface area contributed by atoms with Crippen LogP contribution in [0, 0.1) is 0 Å². The first-order valence-corrected chi connectivity index (χ1v) is 8.05. The van der Waals surface area contributed by atoms with Gasteiger partial charge in [-0.1, -0.05) is 0 Å². The van der Waals surface area contributed by atoms with Crippen molar-refractivity contribution in [2.45, 2.75) is 18.9 Å². The van der Waals surface area contributed by atoms with Crippen LogP contribution in [0.1, 0.15) is 12.8 Å². The molecule has 0 bridgehead atoms. The van der Waals surface area contributed by atoms with E-state index in [0.29, 0.717) is 6.61 Å². The van der Waals surface area contributed by atoms with Crippen molar-refractivity contribution in [3.63, 3.8) is 0 Å². The molecule has 1 aliphatic rings. The van der Waals surface area contributed by atoms with Crippen molar-refractivity contribution in [3.8, 4) is 0 Å². The van der Waals surface area contributed by atoms with Crippen molar-refractivity contribution in [2.24, 2.45) is 0 Å². The summed E-state index contributed by atoms with van der Waals surface area (Å²) in [5, 5.41) is 11.1. The summed E-state index contributed by atoms with van der Waals surface area (Å²) in [5.74, 6) is 0.998. The molecular formula is C17H20N4O2. The molecule has 1 fully saturated rings. The maximum atomic E-state index is 8.83. The summed E-state index contributed by atoms with van der Waals surface area (Å²) in [6.07, 6.45) is 5.85. The number of ether oxygens (including phenoxy) is 1. The highest BCUT2D eigenvalue weighted by atomic mass is 16.5. The van der Waals surface area contributed by atoms with Gasteiger partial charge >= 0.3 is 0 Å². The van der Waals surface area contributed by atoms with Crippen molar-refractivity contribution >= 4 is 27.8 Å². The summed E-state index contributed by atoms with van der Waals surface area (Å²) in [4.78, 5) is 14.6. The van der Waals surface area contributed by atoms with Gasteiger partial charge in [-0.2, -0.15) is 0 Å². The molecule has 4 heterocycles. The van der Waals surface area contributed by atoms with Crippen LogP contribution in [-0.2, 0) is 4.74 Å². The Kier molecular flexibility index (Phi) is 3.85. The second-order valence-corrected chi connectivity index (χ2v) is 5.89. The summed E-state index contributed by atoms with van der Waals surface area (Å²) < 4.78 is 5.62. The lowest BCUT2D eigenvalue weighted by Crippen LogP contribution is -2.37. The number of anilines is 1. The molecule has 120 valence electrons. The lowest BCUT2D eigenvalue weighted by molar-refractivity contribution is 0.0158. The maximum Gasteiger partial charge on any atom is 0.140 e. The number of aromatic nitrogens is 3. The van der Waals surface area contributed by atoms with Gasteiger partial charge in [0.25, 0.3) is 0 Å². The van der Waals surface area contributed by atoms with Gasteiger partial charge in [0.2, 0.25) is 0 Å². The first-order valence-electron chi connectivity index (χ1n) is 8.05. The van der Waals surface area contributed by atoms with E-state index in [9.17, 15) is 0 Å². The summed E-state index contributed by atoms with van der Waals surface area (Å²) in [7, 11) is 0. The van der Waals surface area contributed by atoms with E-state index in [-0.39, 0.29) is 12.7 Å². The number of aliphatic hydroxyl groups is 1. The molecule has 1 saturated heterocycles. The van der Waals surface area contributed by atoms with Crippen LogP contribution in [0.3, 0.4) is 0 Å². The zero-order valence-corrected chi connectivity index (χ0v) is 12.9. The van der Waals surface area contributed by atoms with E-state index in [1.165, 1.54) is 0 Å². The number of aliphatic hydroxyl groups excluding tert-OH is 1. The summed E-state index contributed by atoms with van der Waals surface area (Å²) in [6.45, 7) is 2.37. The molecule has 1 aliphatic heterocycles. The third kappa shape index (κ3) is 2.75. The zero-order valence-electron chi connectivity index (χ0n) is 12.9. The minimum absolute atomic E-state index is 0.0910. The molecule has 0 aliphatic carbocycles. The average Bonchev–Trinajstić information content (AvgIpc) is 2.98. The number of hydrogen-bond donors (Lipinski definition) is 2. The van der Waals surface area contributed by atoms with Crippen LogP contribution in [0.4, 0.5) is 5.82 Å². The fourth-order valence-electron chi connectivity index (χ4n) is 3.25. The van der Waals surface area contributed by atoms with Gasteiger partial charge in [-0.25, -0.2) is 4.98 Å². The number of nitrogens with zero attached hydrogens (tertiary/aromatic N) is 3. The molecule has 6 heteroatoms. The highest BCUT2D eigenvalue weighted by Gasteiger charge is 2.21. The molecule has 3 aromatic rings. The Morgan fingerprint density at radius 1 is 1.22 bits per heavy atom. The van der Waals surface area contributed by atoms with Gasteiger partial charge in [0, 0.05) is 36.3 Å². The van der Waals surface area contributed by atoms with Crippen LogP contribution in [0.15, 0.2) is 30.6 Å². The summed E-state index contributed by atoms with van der Waals surface area (Å²) >= 11 is 0. The van der Waals surface area contributed by atoms with Gasteiger partial charge in [-0.3, -0.25) is 4.98 Å². The van der Waals surface area contributed by atoms with E-state index < -0.39 is 0 Å². The first kappa shape index (κ1) is 14.4. The SMILES string of the molecule is OCCOC1CCN(c2ccc3c(n2)[nH]c2ccncc23)CC1. The van der Waals surface area contributed by atoms with Gasteiger partial charge < -0.3 is 19.7 Å². The lowest BCUT2D eigenvalue weighted by Gasteiger charge is -2.32. The van der Waals surface area contributed by atoms with Gasteiger partial charge in [-0.15, -0.1) is 0 Å². The maximum absolute atomic E-state index is 8.83. The van der Waals surface area contributed by atoms with E-state index in [1.807, 2.05) is 12.3 Å². The molecule has 0 amide bonds. The third-order valence-electron chi connectivity index (χ3n) is 4.46. The third-order valence-corrected chi connectivity index (χ3v) is 4.46. The Hall–Kier alpha value is -2.18. The van der Waals surface area contributed by atoms with E-state index in [4.69, 9.17) is 14.8 Å². The Balaban J connectivity index is 1.54. The van der Waals surface area contributed by atoms with Crippen LogP contribution in [-0.4, -0.2) is 52.5 Å². The molecule has 0 saturated carbocycles. The number of H-pyrrole nitrogens is 1. The van der Waals surface area contributed by atoms with Crippen LogP contribution < -0.4 is 4.90 Å². The van der Waals surface area contributed by atoms with E-state index in [1.54, 1.807) is 6.20 Å². The monoisotopic (exact) mass is 312 g/mol. The van der Waals surface area contributed by atoms with Crippen molar-refractivity contribution in [2.75, 3.05) is 31.2 Å². The molecule has 23 heavy (non-hydrogen) atoms. The highest BCUT2D eigenvalue weighted by molar-refractivity contribution is 6.05. The van der Waals surface area contributed by atoms with E-state index in [0.717, 1.165) is 53.7 Å². The minimum Gasteiger partial charge on any atom is -0.394 e. The van der Waals surface area contributed by atoms with Crippen molar-refractivity contribution in [1.82, 2.24) is 15.0 Å². The summed E-state index contributed by atoms with van der Waals surface area (Å²) in [5.41, 5.74) is 1.97. The summed E-state index contributed by atoms with van der Waals surface area (Å²) in [6, 6.07) is 6.17. The van der Waals surface area contributed by atoms with E-state index >= 15 is 0 Å². The number of nitrogens with one attached hydrogen (secondary N) is 1. The predicted molar refractivity (Wildman–Crippen MR) is 89.7 cm³/mol. The number of aromatic amines is 1. The number of pyridine rings is 2. The van der Waals surface area contributed by atoms with Gasteiger partial charge in [0.05, 0.1) is 24.8 Å². The normalized spacial score (nSPS) is 16.5. The Labute approximate surface area is 134 Å². The second-order valence-electron chi connectivity index (χ2n) is 5.89. The average molecular weight is 312 g/mol. The van der Waals surface area contributed by atoms with Crippen molar-refractivity contribution in [3.05, 3.63) is 30.6 Å². The van der Waals surface area contributed by atoms with Gasteiger partial charge in [-0.05, 0) is 31.0 Å². The largest absolute Gasteiger partial charge is 0.394 e. The molecule has 0 radical (unpaired) electrons. The Morgan fingerprint density at radius 2 is 2.09 bits per heavy atom. The first-order chi connectivity index (χ1) is 11.3. The quantitative estimate of drug-likeness (QED) is 0.771. The molecule has 6 nitrogen and oxygen atoms in total. The van der Waals surface area contributed by atoms with Crippen LogP contribution >= 0.6 is 0 Å². The molecule has 3 aromatic heterocycles. The number of rotatable bonds is 4. The Bertz CT molecular complexity index is 809. The fourth-order valence-corrected chi connectivity index (χ4v) is 3.25. The predicted octanol–water partition coefficient (Wildman–Crippen LogP) is 2.09. The molecule has 0 atom stereocenters. The van der Waals surface area contributed by atoms with Crippen LogP contribution in [0.5, 0.6) is 0 Å². The molecule has 0 unspecified atom stereocenters. The van der Waals surface area contributed by atoms with Crippen molar-refractivity contribution < 1.29 is 9.84 Å². The topological polar surface area (TPSA) is 74.3 Å². The fraction of sp³-hybridized carbons (Fsp3) is 0.412. The highest BCUT2D eigenvalue weighted by Crippen LogP contribution is 2.27. The van der Waals surface area contributed by atoms with Crippen LogP contribution in [0.25, 0.3) is 21.9 Å². The molecule has 4 rings (SSSR count). The smallest absolute Gasteiger partial charge is 0.140 e. The minimum atomic E-state index is 0.0910. The second kappa shape index (κ2) is 6.14.